The summed E-state index contributed by atoms with van der Waals surface area (Å²) < 4.78 is 5.41. The maximum atomic E-state index is 13.3. The van der Waals surface area contributed by atoms with Gasteiger partial charge in [0.05, 0.1) is 36.5 Å². The number of carboxylic acids is 2. The third kappa shape index (κ3) is 6.10. The van der Waals surface area contributed by atoms with Crippen LogP contribution in [0.1, 0.15) is 19.3 Å². The Hall–Kier alpha value is -2.29. The third-order valence-corrected chi connectivity index (χ3v) is 5.09. The average molecular weight is 433 g/mol. The minimum atomic E-state index is -2.34. The molecule has 0 aromatic carbocycles. The minimum Gasteiger partial charge on any atom is -0.481 e. The maximum absolute atomic E-state index is 13.3. The summed E-state index contributed by atoms with van der Waals surface area (Å²) in [7, 11) is 1.02. The minimum absolute atomic E-state index is 0.00779. The first-order valence-corrected chi connectivity index (χ1v) is 9.13. The van der Waals surface area contributed by atoms with E-state index < -0.39 is 65.7 Å². The molecule has 0 aliphatic carbocycles. The van der Waals surface area contributed by atoms with E-state index in [2.05, 4.69) is 0 Å². The topological polar surface area (TPSA) is 265 Å². The number of aliphatic carboxylic acids is 2. The van der Waals surface area contributed by atoms with Crippen LogP contribution in [0.25, 0.3) is 0 Å². The van der Waals surface area contributed by atoms with Crippen LogP contribution < -0.4 is 28.7 Å². The molecule has 172 valence electrons. The number of methoxy groups -OCH3 is 1. The predicted octanol–water partition coefficient (Wildman–Crippen LogP) is -3.82. The fourth-order valence-corrected chi connectivity index (χ4v) is 3.59. The Kier molecular flexibility index (Phi) is 11.5. The standard InChI is InChI=1S/C17H31N5O8/c1-30-17(15(27)9(19)5-12(25)26,8(3-2-4-18)10(20)6-23)14(22)13(16(28)29)11(21)7-24/h6-11,13-14H,2-5,18-22H2,1H3,(H,25,26)(H,28,29)/t8?,9-,10+,11+,13?,14?,17?/m0/s1. The summed E-state index contributed by atoms with van der Waals surface area (Å²) in [6.45, 7) is 0.128. The first-order chi connectivity index (χ1) is 14.0. The van der Waals surface area contributed by atoms with Crippen molar-refractivity contribution in [3.63, 3.8) is 0 Å². The molecule has 0 saturated heterocycles. The first kappa shape index (κ1) is 27.7. The van der Waals surface area contributed by atoms with Gasteiger partial charge >= 0.3 is 11.9 Å². The molecule has 13 heteroatoms. The van der Waals surface area contributed by atoms with Gasteiger partial charge in [0.15, 0.2) is 5.78 Å². The quantitative estimate of drug-likeness (QED) is 0.115. The van der Waals surface area contributed by atoms with E-state index in [0.29, 0.717) is 6.29 Å². The van der Waals surface area contributed by atoms with Crippen LogP contribution in [0.4, 0.5) is 0 Å². The fourth-order valence-electron chi connectivity index (χ4n) is 3.59. The molecule has 0 aliphatic heterocycles. The van der Waals surface area contributed by atoms with Gasteiger partial charge in [0.1, 0.15) is 18.2 Å². The van der Waals surface area contributed by atoms with Crippen molar-refractivity contribution in [3.05, 3.63) is 0 Å². The van der Waals surface area contributed by atoms with E-state index in [1.54, 1.807) is 0 Å². The van der Waals surface area contributed by atoms with Crippen molar-refractivity contribution in [1.29, 1.82) is 0 Å². The molecule has 0 bridgehead atoms. The predicted molar refractivity (Wildman–Crippen MR) is 104 cm³/mol. The van der Waals surface area contributed by atoms with Gasteiger partial charge in [-0.3, -0.25) is 14.4 Å². The van der Waals surface area contributed by atoms with Crippen molar-refractivity contribution in [1.82, 2.24) is 0 Å². The lowest BCUT2D eigenvalue weighted by molar-refractivity contribution is -0.166. The zero-order valence-corrected chi connectivity index (χ0v) is 16.7. The Morgan fingerprint density at radius 2 is 1.57 bits per heavy atom. The van der Waals surface area contributed by atoms with E-state index in [0.717, 1.165) is 7.11 Å². The number of rotatable bonds is 16. The van der Waals surface area contributed by atoms with Crippen LogP contribution in [0.2, 0.25) is 0 Å². The van der Waals surface area contributed by atoms with Gasteiger partial charge in [-0.05, 0) is 19.4 Å². The lowest BCUT2D eigenvalue weighted by atomic mass is 9.66. The van der Waals surface area contributed by atoms with Gasteiger partial charge in [-0.15, -0.1) is 0 Å². The van der Waals surface area contributed by atoms with Gasteiger partial charge in [-0.1, -0.05) is 0 Å². The molecule has 30 heavy (non-hydrogen) atoms. The number of hydrogen-bond donors (Lipinski definition) is 7. The molecule has 0 heterocycles. The Balaban J connectivity index is 6.80. The normalized spacial score (nSPS) is 19.4. The van der Waals surface area contributed by atoms with Crippen LogP contribution in [0.15, 0.2) is 0 Å². The number of carboxylic acid groups (broad SMARTS) is 2. The molecule has 4 unspecified atom stereocenters. The largest absolute Gasteiger partial charge is 0.481 e. The van der Waals surface area contributed by atoms with Crippen molar-refractivity contribution in [2.75, 3.05) is 13.7 Å². The van der Waals surface area contributed by atoms with E-state index in [1.165, 1.54) is 0 Å². The molecule has 0 fully saturated rings. The zero-order valence-electron chi connectivity index (χ0n) is 16.7. The van der Waals surface area contributed by atoms with Gasteiger partial charge in [0.2, 0.25) is 0 Å². The lowest BCUT2D eigenvalue weighted by Crippen LogP contribution is -2.71. The number of aldehydes is 2. The highest BCUT2D eigenvalue weighted by atomic mass is 16.5. The molecule has 0 aliphatic rings. The molecule has 0 amide bonds. The molecule has 0 aromatic heterocycles. The van der Waals surface area contributed by atoms with Gasteiger partial charge in [-0.2, -0.15) is 0 Å². The number of carbonyl (C=O) groups excluding carboxylic acids is 3. The second kappa shape index (κ2) is 12.4. The maximum Gasteiger partial charge on any atom is 0.310 e. The van der Waals surface area contributed by atoms with Crippen LogP contribution in [-0.4, -0.2) is 83.9 Å². The molecule has 0 saturated carbocycles. The third-order valence-electron chi connectivity index (χ3n) is 5.09. The Bertz CT molecular complexity index is 633. The second-order valence-corrected chi connectivity index (χ2v) is 6.92. The van der Waals surface area contributed by atoms with Gasteiger partial charge < -0.3 is 53.2 Å². The van der Waals surface area contributed by atoms with Crippen LogP contribution in [0.5, 0.6) is 0 Å². The molecule has 0 aromatic rings. The lowest BCUT2D eigenvalue weighted by Gasteiger charge is -2.46. The molecule has 0 spiro atoms. The summed E-state index contributed by atoms with van der Waals surface area (Å²) in [5, 5.41) is 18.6. The Labute approximate surface area is 173 Å². The summed E-state index contributed by atoms with van der Waals surface area (Å²) >= 11 is 0. The van der Waals surface area contributed by atoms with E-state index >= 15 is 0 Å². The van der Waals surface area contributed by atoms with Gasteiger partial charge in [0, 0.05) is 13.0 Å². The molecule has 0 rings (SSSR count). The molecular weight excluding hydrogens is 402 g/mol. The van der Waals surface area contributed by atoms with E-state index in [4.69, 9.17) is 38.5 Å². The van der Waals surface area contributed by atoms with Gasteiger partial charge in [-0.25, -0.2) is 0 Å². The number of Topliss-reactive ketones (excluding diaryl/α,β-unsaturated/α-hetero) is 1. The number of nitrogens with two attached hydrogens (primary N) is 5. The molecule has 12 N–H and O–H groups in total. The van der Waals surface area contributed by atoms with E-state index in [1.807, 2.05) is 0 Å². The summed E-state index contributed by atoms with van der Waals surface area (Å²) in [5.41, 5.74) is 26.5. The number of carbonyl (C=O) groups is 5. The molecule has 0 radical (unpaired) electrons. The molecular formula is C17H31N5O8. The van der Waals surface area contributed by atoms with Crippen LogP contribution in [0.3, 0.4) is 0 Å². The van der Waals surface area contributed by atoms with E-state index in [9.17, 15) is 29.1 Å². The second-order valence-electron chi connectivity index (χ2n) is 6.92. The average Bonchev–Trinajstić information content (AvgIpc) is 2.69. The van der Waals surface area contributed by atoms with Crippen molar-refractivity contribution in [2.24, 2.45) is 40.5 Å². The van der Waals surface area contributed by atoms with Crippen LogP contribution in [-0.2, 0) is 28.7 Å². The number of hydrogen-bond acceptors (Lipinski definition) is 11. The SMILES string of the molecule is COC(C(=O)[C@@H](N)CC(=O)O)(C(N)C(C(=O)O)[C@H](N)C=O)C(CCCN)[C@H](N)C=O. The summed E-state index contributed by atoms with van der Waals surface area (Å²) in [6, 6.07) is -6.49. The van der Waals surface area contributed by atoms with Crippen LogP contribution >= 0.6 is 0 Å². The van der Waals surface area contributed by atoms with Crippen molar-refractivity contribution in [3.8, 4) is 0 Å². The zero-order chi connectivity index (χ0) is 23.6. The van der Waals surface area contributed by atoms with Crippen molar-refractivity contribution < 1.29 is 38.9 Å². The summed E-state index contributed by atoms with van der Waals surface area (Å²) in [5.74, 6) is -7.16. The highest BCUT2D eigenvalue weighted by Crippen LogP contribution is 2.36. The number of ketones is 1. The molecule has 7 atom stereocenters. The van der Waals surface area contributed by atoms with Crippen LogP contribution in [0, 0.1) is 11.8 Å². The first-order valence-electron chi connectivity index (χ1n) is 9.13. The molecule has 13 nitrogen and oxygen atoms in total. The summed E-state index contributed by atoms with van der Waals surface area (Å²) in [4.78, 5) is 58.9. The fraction of sp³-hybridized carbons (Fsp3) is 0.706. The van der Waals surface area contributed by atoms with Crippen molar-refractivity contribution in [2.45, 2.75) is 49.0 Å². The van der Waals surface area contributed by atoms with Crippen molar-refractivity contribution >= 4 is 30.3 Å². The summed E-state index contributed by atoms with van der Waals surface area (Å²) in [6.07, 6.45) is -0.147. The smallest absolute Gasteiger partial charge is 0.310 e. The van der Waals surface area contributed by atoms with E-state index in [-0.39, 0.29) is 25.7 Å². The Morgan fingerprint density at radius 1 is 1.03 bits per heavy atom. The highest BCUT2D eigenvalue weighted by Gasteiger charge is 2.58. The highest BCUT2D eigenvalue weighted by molar-refractivity contribution is 5.96. The van der Waals surface area contributed by atoms with Gasteiger partial charge in [0.25, 0.3) is 0 Å². The Morgan fingerprint density at radius 3 is 1.93 bits per heavy atom. The number of ether oxygens (including phenoxy) is 1. The monoisotopic (exact) mass is 433 g/mol.